The molecule has 0 bridgehead atoms. The summed E-state index contributed by atoms with van der Waals surface area (Å²) in [6.07, 6.45) is 0.797. The van der Waals surface area contributed by atoms with E-state index in [2.05, 4.69) is 40.7 Å². The second-order valence-electron chi connectivity index (χ2n) is 7.99. The Bertz CT molecular complexity index is 742. The summed E-state index contributed by atoms with van der Waals surface area (Å²) >= 11 is 0. The molecule has 0 amide bonds. The molecule has 0 unspecified atom stereocenters. The molecule has 1 heterocycles. The molecule has 1 fully saturated rings. The summed E-state index contributed by atoms with van der Waals surface area (Å²) in [7, 11) is -0.425. The van der Waals surface area contributed by atoms with Crippen LogP contribution >= 0.6 is 0 Å². The van der Waals surface area contributed by atoms with Crippen LogP contribution in [0.5, 0.6) is 11.5 Å². The predicted molar refractivity (Wildman–Crippen MR) is 109 cm³/mol. The topological polar surface area (TPSA) is 36.9 Å². The van der Waals surface area contributed by atoms with Gasteiger partial charge in [-0.1, -0.05) is 35.9 Å². The van der Waals surface area contributed by atoms with Gasteiger partial charge in [0.2, 0.25) is 0 Å². The number of rotatable bonds is 7. The van der Waals surface area contributed by atoms with Crippen LogP contribution in [-0.4, -0.2) is 31.5 Å². The Labute approximate surface area is 162 Å². The fourth-order valence-electron chi connectivity index (χ4n) is 2.90. The molecule has 0 radical (unpaired) electrons. The molecule has 0 aliphatic carbocycles. The fraction of sp³-hybridized carbons (Fsp3) is 0.455. The van der Waals surface area contributed by atoms with E-state index in [1.54, 1.807) is 0 Å². The molecule has 1 saturated heterocycles. The smallest absolute Gasteiger partial charge is 0.494 e. The summed E-state index contributed by atoms with van der Waals surface area (Å²) in [5, 5.41) is 0. The summed E-state index contributed by atoms with van der Waals surface area (Å²) in [5.74, 6) is 1.68. The van der Waals surface area contributed by atoms with Crippen molar-refractivity contribution in [1.82, 2.24) is 0 Å². The van der Waals surface area contributed by atoms with Gasteiger partial charge < -0.3 is 18.8 Å². The van der Waals surface area contributed by atoms with Crippen LogP contribution in [0.3, 0.4) is 0 Å². The third-order valence-corrected chi connectivity index (χ3v) is 5.23. The first-order chi connectivity index (χ1) is 12.8. The maximum Gasteiger partial charge on any atom is 0.498 e. The van der Waals surface area contributed by atoms with E-state index in [0.717, 1.165) is 28.9 Å². The van der Waals surface area contributed by atoms with Gasteiger partial charge in [-0.25, -0.2) is 0 Å². The lowest BCUT2D eigenvalue weighted by Gasteiger charge is -2.32. The van der Waals surface area contributed by atoms with Crippen molar-refractivity contribution in [3.05, 3.63) is 54.1 Å². The number of ether oxygens (including phenoxy) is 2. The predicted octanol–water partition coefficient (Wildman–Crippen LogP) is 4.14. The first kappa shape index (κ1) is 19.8. The normalized spacial score (nSPS) is 17.7. The van der Waals surface area contributed by atoms with Gasteiger partial charge in [-0.2, -0.15) is 0 Å². The molecule has 1 aliphatic heterocycles. The quantitative estimate of drug-likeness (QED) is 0.544. The molecule has 5 heteroatoms. The highest BCUT2D eigenvalue weighted by Gasteiger charge is 2.52. The zero-order chi connectivity index (χ0) is 19.5. The minimum Gasteiger partial charge on any atom is -0.494 e. The summed E-state index contributed by atoms with van der Waals surface area (Å²) in [5.41, 5.74) is 1.35. The fourth-order valence-corrected chi connectivity index (χ4v) is 2.90. The van der Waals surface area contributed by atoms with Gasteiger partial charge in [0.05, 0.1) is 24.4 Å². The lowest BCUT2D eigenvalue weighted by Crippen LogP contribution is -2.41. The molecule has 1 aliphatic rings. The third kappa shape index (κ3) is 4.66. The third-order valence-electron chi connectivity index (χ3n) is 5.23. The second kappa shape index (κ2) is 7.95. The van der Waals surface area contributed by atoms with Gasteiger partial charge in [0.1, 0.15) is 11.5 Å². The van der Waals surface area contributed by atoms with E-state index in [-0.39, 0.29) is 11.2 Å². The Morgan fingerprint density at radius 3 is 2.15 bits per heavy atom. The summed E-state index contributed by atoms with van der Waals surface area (Å²) < 4.78 is 24.2. The van der Waals surface area contributed by atoms with E-state index in [1.165, 1.54) is 0 Å². The first-order valence-corrected chi connectivity index (χ1v) is 9.55. The number of benzene rings is 2. The molecule has 4 nitrogen and oxygen atoms in total. The van der Waals surface area contributed by atoms with Crippen LogP contribution in [0.4, 0.5) is 0 Å². The molecule has 0 spiro atoms. The zero-order valence-electron chi connectivity index (χ0n) is 17.0. The van der Waals surface area contributed by atoms with Gasteiger partial charge in [0.25, 0.3) is 0 Å². The van der Waals surface area contributed by atoms with E-state index in [4.69, 9.17) is 18.8 Å². The Balaban J connectivity index is 1.60. The minimum atomic E-state index is -0.425. The Kier molecular flexibility index (Phi) is 5.82. The minimum absolute atomic E-state index is 0.373. The van der Waals surface area contributed by atoms with Gasteiger partial charge in [0.15, 0.2) is 0 Å². The SMILES string of the molecule is Cc1ccc(OCCCOc2ccccc2)c(B2OC(C)(C)C(C)(C)O2)c1. The lowest BCUT2D eigenvalue weighted by atomic mass is 9.77. The largest absolute Gasteiger partial charge is 0.498 e. The van der Waals surface area contributed by atoms with Crippen molar-refractivity contribution in [2.45, 2.75) is 52.2 Å². The number of para-hydroxylation sites is 1. The van der Waals surface area contributed by atoms with Crippen molar-refractivity contribution in [2.75, 3.05) is 13.2 Å². The molecule has 0 atom stereocenters. The maximum absolute atomic E-state index is 6.20. The molecule has 2 aromatic carbocycles. The Morgan fingerprint density at radius 2 is 1.48 bits per heavy atom. The molecule has 2 aromatic rings. The summed E-state index contributed by atoms with van der Waals surface area (Å²) in [4.78, 5) is 0. The van der Waals surface area contributed by atoms with Crippen LogP contribution < -0.4 is 14.9 Å². The number of aryl methyl sites for hydroxylation is 1. The van der Waals surface area contributed by atoms with Crippen LogP contribution in [0.2, 0.25) is 0 Å². The Hall–Kier alpha value is -1.98. The number of hydrogen-bond donors (Lipinski definition) is 0. The van der Waals surface area contributed by atoms with Crippen LogP contribution in [-0.2, 0) is 9.31 Å². The van der Waals surface area contributed by atoms with Crippen molar-refractivity contribution in [3.63, 3.8) is 0 Å². The van der Waals surface area contributed by atoms with Gasteiger partial charge in [0, 0.05) is 11.9 Å². The van der Waals surface area contributed by atoms with E-state index in [9.17, 15) is 0 Å². The van der Waals surface area contributed by atoms with Gasteiger partial charge in [-0.3, -0.25) is 0 Å². The standard InChI is InChI=1S/C22H29BO4/c1-17-12-13-20(25-15-9-14-24-18-10-7-6-8-11-18)19(16-17)23-26-21(2,3)22(4,5)27-23/h6-8,10-13,16H,9,14-15H2,1-5H3. The highest BCUT2D eigenvalue weighted by molar-refractivity contribution is 6.63. The molecule has 0 aromatic heterocycles. The monoisotopic (exact) mass is 368 g/mol. The van der Waals surface area contributed by atoms with Crippen molar-refractivity contribution in [1.29, 1.82) is 0 Å². The highest BCUT2D eigenvalue weighted by atomic mass is 16.7. The average molecular weight is 368 g/mol. The van der Waals surface area contributed by atoms with Crippen LogP contribution in [0, 0.1) is 6.92 Å². The van der Waals surface area contributed by atoms with E-state index >= 15 is 0 Å². The van der Waals surface area contributed by atoms with E-state index in [1.807, 2.05) is 42.5 Å². The maximum atomic E-state index is 6.20. The van der Waals surface area contributed by atoms with Gasteiger partial charge >= 0.3 is 7.12 Å². The molecule has 27 heavy (non-hydrogen) atoms. The average Bonchev–Trinajstić information content (AvgIpc) is 2.84. The van der Waals surface area contributed by atoms with Crippen molar-refractivity contribution < 1.29 is 18.8 Å². The van der Waals surface area contributed by atoms with Crippen molar-refractivity contribution in [3.8, 4) is 11.5 Å². The van der Waals surface area contributed by atoms with Crippen LogP contribution in [0.15, 0.2) is 48.5 Å². The van der Waals surface area contributed by atoms with Crippen molar-refractivity contribution in [2.24, 2.45) is 0 Å². The molecule has 0 N–H and O–H groups in total. The van der Waals surface area contributed by atoms with Crippen molar-refractivity contribution >= 4 is 12.6 Å². The molecular weight excluding hydrogens is 339 g/mol. The lowest BCUT2D eigenvalue weighted by molar-refractivity contribution is 0.00578. The second-order valence-corrected chi connectivity index (χ2v) is 7.99. The van der Waals surface area contributed by atoms with Crippen LogP contribution in [0.1, 0.15) is 39.7 Å². The molecule has 3 rings (SSSR count). The van der Waals surface area contributed by atoms with Crippen LogP contribution in [0.25, 0.3) is 0 Å². The summed E-state index contributed by atoms with van der Waals surface area (Å²) in [6, 6.07) is 15.9. The Morgan fingerprint density at radius 1 is 0.852 bits per heavy atom. The molecule has 0 saturated carbocycles. The van der Waals surface area contributed by atoms with Gasteiger partial charge in [-0.15, -0.1) is 0 Å². The van der Waals surface area contributed by atoms with E-state index in [0.29, 0.717) is 13.2 Å². The molecular formula is C22H29BO4. The highest BCUT2D eigenvalue weighted by Crippen LogP contribution is 2.37. The first-order valence-electron chi connectivity index (χ1n) is 9.55. The van der Waals surface area contributed by atoms with E-state index < -0.39 is 7.12 Å². The number of hydrogen-bond acceptors (Lipinski definition) is 4. The molecule has 144 valence electrons. The van der Waals surface area contributed by atoms with Gasteiger partial charge in [-0.05, 0) is 52.8 Å². The summed E-state index contributed by atoms with van der Waals surface area (Å²) in [6.45, 7) is 11.5. The zero-order valence-corrected chi connectivity index (χ0v) is 17.0.